The molecule has 0 atom stereocenters. The first-order chi connectivity index (χ1) is 19.9. The monoisotopic (exact) mass is 613 g/mol. The number of benzene rings is 1. The summed E-state index contributed by atoms with van der Waals surface area (Å²) in [5.41, 5.74) is -1.40. The maximum absolute atomic E-state index is 14.5. The van der Waals surface area contributed by atoms with E-state index in [9.17, 15) is 36.3 Å². The van der Waals surface area contributed by atoms with Crippen LogP contribution in [0.3, 0.4) is 0 Å². The van der Waals surface area contributed by atoms with Crippen LogP contribution in [0, 0.1) is 0 Å². The zero-order chi connectivity index (χ0) is 30.5. The number of carbonyl (C=O) groups is 2. The number of H-pyrrole nitrogens is 1. The molecule has 0 fully saturated rings. The number of aromatic nitrogens is 7. The maximum Gasteiger partial charge on any atom is 0.493 e. The molecule has 2 N–H and O–H groups in total. The quantitative estimate of drug-likeness (QED) is 0.212. The molecule has 0 radical (unpaired) electrons. The molecule has 42 heavy (non-hydrogen) atoms. The minimum Gasteiger partial charge on any atom is -0.359 e. The fourth-order valence-electron chi connectivity index (χ4n) is 3.44. The van der Waals surface area contributed by atoms with Crippen molar-refractivity contribution in [3.05, 3.63) is 81.6 Å². The van der Waals surface area contributed by atoms with E-state index in [0.717, 1.165) is 18.5 Å². The lowest BCUT2D eigenvalue weighted by atomic mass is 10.1. The van der Waals surface area contributed by atoms with E-state index in [1.807, 2.05) is 0 Å². The van der Waals surface area contributed by atoms with E-state index in [2.05, 4.69) is 40.7 Å². The lowest BCUT2D eigenvalue weighted by molar-refractivity contribution is -0.239. The number of hydroxylamine groups is 2. The smallest absolute Gasteiger partial charge is 0.359 e. The molecule has 0 spiro atoms. The Bertz CT molecular complexity index is 1620. The fourth-order valence-corrected chi connectivity index (χ4v) is 3.63. The topological polar surface area (TPSA) is 161 Å². The van der Waals surface area contributed by atoms with Crippen molar-refractivity contribution in [2.45, 2.75) is 25.2 Å². The van der Waals surface area contributed by atoms with Crippen molar-refractivity contribution in [1.82, 2.24) is 40.2 Å². The number of pyridine rings is 1. The van der Waals surface area contributed by atoms with Crippen molar-refractivity contribution in [3.8, 4) is 11.4 Å². The lowest BCUT2D eigenvalue weighted by Gasteiger charge is -2.23. The summed E-state index contributed by atoms with van der Waals surface area (Å²) in [4.78, 5) is 49.3. The van der Waals surface area contributed by atoms with E-state index >= 15 is 0 Å². The molecule has 0 aliphatic rings. The number of nitrogens with one attached hydrogen (secondary N) is 2. The average molecular weight is 614 g/mol. The highest BCUT2D eigenvalue weighted by molar-refractivity contribution is 6.29. The van der Waals surface area contributed by atoms with E-state index < -0.39 is 65.8 Å². The lowest BCUT2D eigenvalue weighted by Crippen LogP contribution is -2.41. The van der Waals surface area contributed by atoms with Gasteiger partial charge in [0.2, 0.25) is 5.82 Å². The van der Waals surface area contributed by atoms with Gasteiger partial charge in [0.15, 0.2) is 5.82 Å². The third-order valence-electron chi connectivity index (χ3n) is 5.44. The Morgan fingerprint density at radius 1 is 1.07 bits per heavy atom. The summed E-state index contributed by atoms with van der Waals surface area (Å²) in [7, 11) is 0. The number of halogens is 6. The number of tetrazole rings is 1. The number of anilines is 1. The van der Waals surface area contributed by atoms with Gasteiger partial charge in [-0.2, -0.15) is 32.2 Å². The van der Waals surface area contributed by atoms with Crippen LogP contribution in [0.15, 0.2) is 59.7 Å². The number of aromatic amines is 1. The molecule has 4 aromatic rings. The van der Waals surface area contributed by atoms with Crippen molar-refractivity contribution in [2.24, 2.45) is 0 Å². The van der Waals surface area contributed by atoms with Gasteiger partial charge in [-0.05, 0) is 22.9 Å². The van der Waals surface area contributed by atoms with Crippen LogP contribution in [0.4, 0.5) is 27.8 Å². The minimum atomic E-state index is -5.48. The molecule has 0 unspecified atom stereocenters. The SMILES string of the molecule is O=C(Cn1c(Cl)cnc(NCC(F)(F)c2ccccn2)c1=O)N(Cc1ccccc1-c1nn[nH]n1)OC(=O)C(F)(F)F. The summed E-state index contributed by atoms with van der Waals surface area (Å²) in [6, 6.07) is 9.74. The van der Waals surface area contributed by atoms with Crippen LogP contribution in [-0.2, 0) is 33.4 Å². The van der Waals surface area contributed by atoms with Crippen molar-refractivity contribution in [1.29, 1.82) is 0 Å². The van der Waals surface area contributed by atoms with Crippen LogP contribution in [0.25, 0.3) is 11.4 Å². The van der Waals surface area contributed by atoms with Crippen molar-refractivity contribution in [2.75, 3.05) is 11.9 Å². The van der Waals surface area contributed by atoms with Crippen LogP contribution in [0.5, 0.6) is 0 Å². The molecule has 1 aromatic carbocycles. The van der Waals surface area contributed by atoms with Crippen LogP contribution in [0.1, 0.15) is 11.3 Å². The van der Waals surface area contributed by atoms with E-state index in [4.69, 9.17) is 11.6 Å². The van der Waals surface area contributed by atoms with Crippen molar-refractivity contribution in [3.63, 3.8) is 0 Å². The number of amides is 1. The second-order valence-corrected chi connectivity index (χ2v) is 8.68. The zero-order valence-corrected chi connectivity index (χ0v) is 21.6. The largest absolute Gasteiger partial charge is 0.493 e. The van der Waals surface area contributed by atoms with Gasteiger partial charge in [-0.25, -0.2) is 9.78 Å². The van der Waals surface area contributed by atoms with Gasteiger partial charge in [0, 0.05) is 11.8 Å². The van der Waals surface area contributed by atoms with E-state index in [-0.39, 0.29) is 22.0 Å². The standard InChI is InChI=1S/C23H17ClF5N9O4/c24-16-9-31-19(32-12-22(25,26)15-7-3-4-8-30-15)20(40)37(16)11-17(39)38(42-21(41)23(27,28)29)10-13-5-1-2-6-14(13)18-33-35-36-34-18/h1-9H,10-12H2,(H,31,32)(H,33,34,35,36). The van der Waals surface area contributed by atoms with Crippen LogP contribution >= 0.6 is 11.6 Å². The number of carbonyl (C=O) groups excluding carboxylic acids is 2. The van der Waals surface area contributed by atoms with Gasteiger partial charge >= 0.3 is 18.1 Å². The third-order valence-corrected chi connectivity index (χ3v) is 5.74. The Morgan fingerprint density at radius 3 is 2.48 bits per heavy atom. The molecule has 0 aliphatic carbocycles. The van der Waals surface area contributed by atoms with Gasteiger partial charge in [-0.1, -0.05) is 41.9 Å². The molecule has 0 aliphatic heterocycles. The molecule has 1 amide bonds. The highest BCUT2D eigenvalue weighted by Gasteiger charge is 2.43. The molecule has 13 nitrogen and oxygen atoms in total. The molecule has 220 valence electrons. The van der Waals surface area contributed by atoms with Crippen molar-refractivity contribution < 1.29 is 36.4 Å². The van der Waals surface area contributed by atoms with E-state index in [0.29, 0.717) is 4.57 Å². The van der Waals surface area contributed by atoms with Crippen LogP contribution in [0.2, 0.25) is 5.15 Å². The summed E-state index contributed by atoms with van der Waals surface area (Å²) in [6.07, 6.45) is -3.47. The first kappa shape index (κ1) is 30.0. The first-order valence-corrected chi connectivity index (χ1v) is 11.9. The Hall–Kier alpha value is -5.00. The molecule has 0 bridgehead atoms. The summed E-state index contributed by atoms with van der Waals surface area (Å²) in [5.74, 6) is -8.23. The Kier molecular flexibility index (Phi) is 8.74. The summed E-state index contributed by atoms with van der Waals surface area (Å²) >= 11 is 6.00. The second-order valence-electron chi connectivity index (χ2n) is 8.29. The van der Waals surface area contributed by atoms with Gasteiger partial charge in [-0.3, -0.25) is 19.1 Å². The number of alkyl halides is 5. The third kappa shape index (κ3) is 7.00. The van der Waals surface area contributed by atoms with Gasteiger partial charge in [0.1, 0.15) is 17.4 Å². The molecule has 0 saturated carbocycles. The number of nitrogens with zero attached hydrogens (tertiary/aromatic N) is 7. The zero-order valence-electron chi connectivity index (χ0n) is 20.8. The average Bonchev–Trinajstić information content (AvgIpc) is 3.49. The van der Waals surface area contributed by atoms with Crippen molar-refractivity contribution >= 4 is 29.3 Å². The number of hydrogen-bond acceptors (Lipinski definition) is 10. The van der Waals surface area contributed by atoms with E-state index in [1.54, 1.807) is 6.07 Å². The summed E-state index contributed by atoms with van der Waals surface area (Å²) in [5, 5.41) is 14.9. The molecule has 3 aromatic heterocycles. The minimum absolute atomic E-state index is 0.0202. The van der Waals surface area contributed by atoms with Gasteiger partial charge in [-0.15, -0.1) is 10.2 Å². The van der Waals surface area contributed by atoms with Gasteiger partial charge < -0.3 is 10.2 Å². The molecule has 0 saturated heterocycles. The Morgan fingerprint density at radius 2 is 1.81 bits per heavy atom. The van der Waals surface area contributed by atoms with Gasteiger partial charge in [0.25, 0.3) is 11.5 Å². The predicted molar refractivity (Wildman–Crippen MR) is 132 cm³/mol. The second kappa shape index (κ2) is 12.2. The molecule has 4 rings (SSSR count). The molecule has 3 heterocycles. The fraction of sp³-hybridized carbons (Fsp3) is 0.217. The first-order valence-electron chi connectivity index (χ1n) is 11.6. The normalized spacial score (nSPS) is 11.7. The molecular formula is C23H17ClF5N9O4. The van der Waals surface area contributed by atoms with Crippen LogP contribution < -0.4 is 10.9 Å². The summed E-state index contributed by atoms with van der Waals surface area (Å²) in [6.45, 7) is -2.94. The number of rotatable bonds is 9. The highest BCUT2D eigenvalue weighted by atomic mass is 35.5. The Balaban J connectivity index is 1.60. The van der Waals surface area contributed by atoms with Crippen LogP contribution in [-0.4, -0.2) is 64.8 Å². The van der Waals surface area contributed by atoms with E-state index in [1.165, 1.54) is 30.3 Å². The molecular weight excluding hydrogens is 597 g/mol. The summed E-state index contributed by atoms with van der Waals surface area (Å²) < 4.78 is 68.7. The van der Waals surface area contributed by atoms with Gasteiger partial charge in [0.05, 0.1) is 19.3 Å². The Labute approximate surface area is 236 Å². The predicted octanol–water partition coefficient (Wildman–Crippen LogP) is 2.73. The maximum atomic E-state index is 14.5. The molecule has 19 heteroatoms. The number of hydrogen-bond donors (Lipinski definition) is 2. The highest BCUT2D eigenvalue weighted by Crippen LogP contribution is 2.26.